The predicted molar refractivity (Wildman–Crippen MR) is 81.2 cm³/mol. The second-order valence-corrected chi connectivity index (χ2v) is 6.86. The number of rotatable bonds is 4. The summed E-state index contributed by atoms with van der Waals surface area (Å²) in [6.07, 6.45) is 3.31. The Morgan fingerprint density at radius 1 is 1.14 bits per heavy atom. The maximum atomic E-state index is 12.8. The van der Waals surface area contributed by atoms with Gasteiger partial charge in [-0.25, -0.2) is 8.42 Å². The summed E-state index contributed by atoms with van der Waals surface area (Å²) in [7, 11) is -1.98. The van der Waals surface area contributed by atoms with Crippen LogP contribution >= 0.6 is 0 Å². The van der Waals surface area contributed by atoms with Gasteiger partial charge in [-0.1, -0.05) is 36.4 Å². The van der Waals surface area contributed by atoms with E-state index < -0.39 is 10.0 Å². The van der Waals surface area contributed by atoms with Crippen molar-refractivity contribution in [3.63, 3.8) is 0 Å². The van der Waals surface area contributed by atoms with Crippen molar-refractivity contribution in [2.24, 2.45) is 0 Å². The lowest BCUT2D eigenvalue weighted by molar-refractivity contribution is 0.467. The van der Waals surface area contributed by atoms with Gasteiger partial charge in [-0.3, -0.25) is 5.10 Å². The summed E-state index contributed by atoms with van der Waals surface area (Å²) < 4.78 is 26.9. The standard InChI is InChI=1S/C15H15N3O2S/c1-18(11-12-9-16-17-10-12)21(19,20)15-8-4-6-13-5-2-3-7-14(13)15/h2-10H,11H2,1H3,(H,16,17). The maximum absolute atomic E-state index is 12.8. The zero-order chi connectivity index (χ0) is 14.9. The first-order chi connectivity index (χ1) is 10.1. The van der Waals surface area contributed by atoms with Crippen molar-refractivity contribution < 1.29 is 8.42 Å². The van der Waals surface area contributed by atoms with E-state index in [1.54, 1.807) is 31.6 Å². The van der Waals surface area contributed by atoms with Crippen LogP contribution < -0.4 is 0 Å². The molecule has 1 heterocycles. The van der Waals surface area contributed by atoms with E-state index >= 15 is 0 Å². The fourth-order valence-electron chi connectivity index (χ4n) is 2.29. The third kappa shape index (κ3) is 2.55. The summed E-state index contributed by atoms with van der Waals surface area (Å²) in [6, 6.07) is 12.8. The summed E-state index contributed by atoms with van der Waals surface area (Å²) >= 11 is 0. The van der Waals surface area contributed by atoms with Gasteiger partial charge < -0.3 is 0 Å². The van der Waals surface area contributed by atoms with Gasteiger partial charge in [0, 0.05) is 30.7 Å². The topological polar surface area (TPSA) is 66.1 Å². The predicted octanol–water partition coefficient (Wildman–Crippen LogP) is 2.38. The Kier molecular flexibility index (Phi) is 3.48. The number of sulfonamides is 1. The van der Waals surface area contributed by atoms with E-state index in [0.29, 0.717) is 4.90 Å². The molecule has 0 fully saturated rings. The molecule has 21 heavy (non-hydrogen) atoms. The van der Waals surface area contributed by atoms with Crippen LogP contribution in [0.25, 0.3) is 10.8 Å². The lowest BCUT2D eigenvalue weighted by atomic mass is 10.1. The van der Waals surface area contributed by atoms with E-state index in [1.165, 1.54) is 4.31 Å². The Morgan fingerprint density at radius 3 is 2.67 bits per heavy atom. The monoisotopic (exact) mass is 301 g/mol. The molecular formula is C15H15N3O2S. The number of benzene rings is 2. The van der Waals surface area contributed by atoms with Gasteiger partial charge in [0.2, 0.25) is 10.0 Å². The summed E-state index contributed by atoms with van der Waals surface area (Å²) in [5.74, 6) is 0. The summed E-state index contributed by atoms with van der Waals surface area (Å²) in [5, 5.41) is 8.17. The molecule has 0 amide bonds. The Bertz CT molecular complexity index is 852. The number of aromatic nitrogens is 2. The molecule has 0 radical (unpaired) electrons. The van der Waals surface area contributed by atoms with E-state index in [-0.39, 0.29) is 6.54 Å². The van der Waals surface area contributed by atoms with Gasteiger partial charge >= 0.3 is 0 Å². The smallest absolute Gasteiger partial charge is 0.243 e. The maximum Gasteiger partial charge on any atom is 0.243 e. The number of fused-ring (bicyclic) bond motifs is 1. The molecule has 0 bridgehead atoms. The van der Waals surface area contributed by atoms with Gasteiger partial charge in [-0.2, -0.15) is 9.40 Å². The normalized spacial score (nSPS) is 12.1. The van der Waals surface area contributed by atoms with E-state index in [2.05, 4.69) is 10.2 Å². The van der Waals surface area contributed by atoms with Crippen molar-refractivity contribution in [2.45, 2.75) is 11.4 Å². The molecule has 0 unspecified atom stereocenters. The first-order valence-corrected chi connectivity index (χ1v) is 7.95. The highest BCUT2D eigenvalue weighted by atomic mass is 32.2. The number of H-pyrrole nitrogens is 1. The van der Waals surface area contributed by atoms with Crippen LogP contribution in [0.15, 0.2) is 59.8 Å². The lowest BCUT2D eigenvalue weighted by Gasteiger charge is -2.17. The van der Waals surface area contributed by atoms with Gasteiger partial charge in [0.05, 0.1) is 11.1 Å². The highest BCUT2D eigenvalue weighted by Gasteiger charge is 2.23. The zero-order valence-electron chi connectivity index (χ0n) is 11.5. The van der Waals surface area contributed by atoms with Crippen LogP contribution in [0.3, 0.4) is 0 Å². The van der Waals surface area contributed by atoms with E-state index in [1.807, 2.05) is 30.3 Å². The minimum atomic E-state index is -3.55. The van der Waals surface area contributed by atoms with Gasteiger partial charge in [-0.15, -0.1) is 0 Å². The van der Waals surface area contributed by atoms with Crippen molar-refractivity contribution in [3.8, 4) is 0 Å². The van der Waals surface area contributed by atoms with Crippen molar-refractivity contribution >= 4 is 20.8 Å². The molecule has 0 saturated carbocycles. The van der Waals surface area contributed by atoms with Crippen molar-refractivity contribution in [2.75, 3.05) is 7.05 Å². The summed E-state index contributed by atoms with van der Waals surface area (Å²) in [5.41, 5.74) is 0.821. The second-order valence-electron chi connectivity index (χ2n) is 4.84. The lowest BCUT2D eigenvalue weighted by Crippen LogP contribution is -2.26. The molecule has 108 valence electrons. The molecule has 3 aromatic rings. The first-order valence-electron chi connectivity index (χ1n) is 6.51. The first kappa shape index (κ1) is 13.8. The molecule has 1 aromatic heterocycles. The molecule has 0 aliphatic rings. The fraction of sp³-hybridized carbons (Fsp3) is 0.133. The van der Waals surface area contributed by atoms with Crippen LogP contribution in [-0.2, 0) is 16.6 Å². The Hall–Kier alpha value is -2.18. The largest absolute Gasteiger partial charge is 0.285 e. The van der Waals surface area contributed by atoms with Crippen LogP contribution in [0.2, 0.25) is 0 Å². The van der Waals surface area contributed by atoms with E-state index in [0.717, 1.165) is 16.3 Å². The van der Waals surface area contributed by atoms with Crippen LogP contribution in [0.4, 0.5) is 0 Å². The molecule has 3 rings (SSSR count). The zero-order valence-corrected chi connectivity index (χ0v) is 12.3. The molecule has 2 aromatic carbocycles. The highest BCUT2D eigenvalue weighted by molar-refractivity contribution is 7.89. The number of aromatic amines is 1. The minimum Gasteiger partial charge on any atom is -0.285 e. The molecule has 5 nitrogen and oxygen atoms in total. The number of hydrogen-bond acceptors (Lipinski definition) is 3. The molecule has 1 N–H and O–H groups in total. The van der Waals surface area contributed by atoms with Crippen LogP contribution in [0, 0.1) is 0 Å². The molecular weight excluding hydrogens is 286 g/mol. The average Bonchev–Trinajstić information content (AvgIpc) is 2.99. The SMILES string of the molecule is CN(Cc1cn[nH]c1)S(=O)(=O)c1cccc2ccccc12. The fourth-order valence-corrected chi connectivity index (χ4v) is 3.66. The minimum absolute atomic E-state index is 0.280. The third-order valence-corrected chi connectivity index (χ3v) is 5.26. The summed E-state index contributed by atoms with van der Waals surface area (Å²) in [6.45, 7) is 0.280. The molecule has 0 aliphatic carbocycles. The quantitative estimate of drug-likeness (QED) is 0.804. The van der Waals surface area contributed by atoms with Gasteiger partial charge in [0.15, 0.2) is 0 Å². The Balaban J connectivity index is 2.04. The third-order valence-electron chi connectivity index (χ3n) is 3.40. The number of nitrogens with zero attached hydrogens (tertiary/aromatic N) is 2. The van der Waals surface area contributed by atoms with Crippen molar-refractivity contribution in [1.82, 2.24) is 14.5 Å². The van der Waals surface area contributed by atoms with Gasteiger partial charge in [0.25, 0.3) is 0 Å². The van der Waals surface area contributed by atoms with Crippen molar-refractivity contribution in [3.05, 3.63) is 60.4 Å². The molecule has 0 aliphatic heterocycles. The van der Waals surface area contributed by atoms with E-state index in [4.69, 9.17) is 0 Å². The van der Waals surface area contributed by atoms with Crippen LogP contribution in [0.5, 0.6) is 0 Å². The average molecular weight is 301 g/mol. The van der Waals surface area contributed by atoms with Crippen LogP contribution in [-0.4, -0.2) is 30.0 Å². The second kappa shape index (κ2) is 5.31. The summed E-state index contributed by atoms with van der Waals surface area (Å²) in [4.78, 5) is 0.326. The molecule has 6 heteroatoms. The molecule has 0 saturated heterocycles. The van der Waals surface area contributed by atoms with E-state index in [9.17, 15) is 8.42 Å². The van der Waals surface area contributed by atoms with Gasteiger partial charge in [-0.05, 0) is 11.5 Å². The Morgan fingerprint density at radius 2 is 1.90 bits per heavy atom. The molecule has 0 atom stereocenters. The van der Waals surface area contributed by atoms with Crippen molar-refractivity contribution in [1.29, 1.82) is 0 Å². The molecule has 0 spiro atoms. The number of hydrogen-bond donors (Lipinski definition) is 1. The van der Waals surface area contributed by atoms with Gasteiger partial charge in [0.1, 0.15) is 0 Å². The highest BCUT2D eigenvalue weighted by Crippen LogP contribution is 2.25. The number of nitrogens with one attached hydrogen (secondary N) is 1. The van der Waals surface area contributed by atoms with Crippen LogP contribution in [0.1, 0.15) is 5.56 Å². The Labute approximate surface area is 123 Å².